The predicted molar refractivity (Wildman–Crippen MR) is 88.8 cm³/mol. The second kappa shape index (κ2) is 7.10. The zero-order valence-corrected chi connectivity index (χ0v) is 14.0. The van der Waals surface area contributed by atoms with Gasteiger partial charge in [0.15, 0.2) is 0 Å². The lowest BCUT2D eigenvalue weighted by Gasteiger charge is -2.08. The van der Waals surface area contributed by atoms with E-state index in [-0.39, 0.29) is 0 Å². The smallest absolute Gasteiger partial charge is 0.0662 e. The van der Waals surface area contributed by atoms with Gasteiger partial charge in [0, 0.05) is 22.8 Å². The molecule has 2 aromatic rings. The van der Waals surface area contributed by atoms with Crippen LogP contribution >= 0.6 is 11.6 Å². The summed E-state index contributed by atoms with van der Waals surface area (Å²) in [7, 11) is 0. The van der Waals surface area contributed by atoms with Crippen molar-refractivity contribution in [1.82, 2.24) is 15.1 Å². The Bertz CT molecular complexity index is 585. The van der Waals surface area contributed by atoms with E-state index in [1.54, 1.807) is 0 Å². The largest absolute Gasteiger partial charge is 0.312 e. The van der Waals surface area contributed by atoms with E-state index in [0.717, 1.165) is 30.4 Å². The van der Waals surface area contributed by atoms with Crippen LogP contribution < -0.4 is 5.32 Å². The summed E-state index contributed by atoms with van der Waals surface area (Å²) < 4.78 is 2.07. The van der Waals surface area contributed by atoms with Crippen molar-refractivity contribution >= 4 is 11.6 Å². The van der Waals surface area contributed by atoms with Crippen molar-refractivity contribution in [2.45, 2.75) is 40.8 Å². The molecule has 0 radical (unpaired) electrons. The van der Waals surface area contributed by atoms with E-state index in [0.29, 0.717) is 5.92 Å². The van der Waals surface area contributed by atoms with Gasteiger partial charge in [-0.2, -0.15) is 5.10 Å². The van der Waals surface area contributed by atoms with Gasteiger partial charge in [0.05, 0.1) is 12.2 Å². The Hall–Kier alpha value is -1.32. The summed E-state index contributed by atoms with van der Waals surface area (Å²) in [5.74, 6) is 0.662. The molecule has 21 heavy (non-hydrogen) atoms. The number of aromatic nitrogens is 2. The lowest BCUT2D eigenvalue weighted by molar-refractivity contribution is 0.550. The van der Waals surface area contributed by atoms with Crippen molar-refractivity contribution in [3.63, 3.8) is 0 Å². The average Bonchev–Trinajstić information content (AvgIpc) is 2.68. The molecule has 0 saturated carbocycles. The average molecular weight is 306 g/mol. The Balaban J connectivity index is 2.09. The van der Waals surface area contributed by atoms with E-state index in [4.69, 9.17) is 11.6 Å². The van der Waals surface area contributed by atoms with Crippen LogP contribution in [0.25, 0.3) is 0 Å². The number of benzene rings is 1. The molecule has 0 spiro atoms. The van der Waals surface area contributed by atoms with Gasteiger partial charge in [0.1, 0.15) is 0 Å². The highest BCUT2D eigenvalue weighted by molar-refractivity contribution is 6.30. The van der Waals surface area contributed by atoms with Gasteiger partial charge in [-0.25, -0.2) is 0 Å². The second-order valence-corrected chi connectivity index (χ2v) is 6.39. The molecule has 0 aliphatic rings. The molecule has 0 bridgehead atoms. The first-order valence-electron chi connectivity index (χ1n) is 7.45. The first-order chi connectivity index (χ1) is 9.97. The molecule has 0 amide bonds. The monoisotopic (exact) mass is 305 g/mol. The summed E-state index contributed by atoms with van der Waals surface area (Å²) in [6, 6.07) is 7.95. The van der Waals surface area contributed by atoms with Crippen LogP contribution in [-0.4, -0.2) is 16.3 Å². The van der Waals surface area contributed by atoms with Crippen LogP contribution in [0.2, 0.25) is 5.02 Å². The molecule has 4 heteroatoms. The number of hydrogen-bond donors (Lipinski definition) is 1. The summed E-state index contributed by atoms with van der Waals surface area (Å²) in [6.07, 6.45) is 0. The van der Waals surface area contributed by atoms with Gasteiger partial charge in [-0.15, -0.1) is 0 Å². The van der Waals surface area contributed by atoms with E-state index in [2.05, 4.69) is 54.9 Å². The maximum Gasteiger partial charge on any atom is 0.0662 e. The minimum absolute atomic E-state index is 0.662. The lowest BCUT2D eigenvalue weighted by Crippen LogP contribution is -2.19. The van der Waals surface area contributed by atoms with Gasteiger partial charge in [0.25, 0.3) is 0 Å². The van der Waals surface area contributed by atoms with Crippen LogP contribution in [0.1, 0.15) is 36.4 Å². The maximum atomic E-state index is 5.93. The SMILES string of the molecule is Cc1nn(Cc2ccc(Cl)cc2)c(C)c1CNCC(C)C. The summed E-state index contributed by atoms with van der Waals surface area (Å²) in [4.78, 5) is 0. The standard InChI is InChI=1S/C17H24ClN3/c1-12(2)9-19-10-17-13(3)20-21(14(17)4)11-15-5-7-16(18)8-6-15/h5-8,12,19H,9-11H2,1-4H3. The fourth-order valence-corrected chi connectivity index (χ4v) is 2.52. The Kier molecular flexibility index (Phi) is 5.43. The molecular weight excluding hydrogens is 282 g/mol. The highest BCUT2D eigenvalue weighted by Crippen LogP contribution is 2.16. The van der Waals surface area contributed by atoms with Crippen molar-refractivity contribution in [3.8, 4) is 0 Å². The first kappa shape index (κ1) is 16.1. The molecule has 2 rings (SSSR count). The Morgan fingerprint density at radius 2 is 1.86 bits per heavy atom. The minimum atomic E-state index is 0.662. The fraction of sp³-hybridized carbons (Fsp3) is 0.471. The highest BCUT2D eigenvalue weighted by atomic mass is 35.5. The van der Waals surface area contributed by atoms with Gasteiger partial charge in [0.2, 0.25) is 0 Å². The zero-order valence-electron chi connectivity index (χ0n) is 13.3. The Labute approximate surface area is 132 Å². The molecule has 0 unspecified atom stereocenters. The number of aryl methyl sites for hydroxylation is 1. The Morgan fingerprint density at radius 3 is 2.48 bits per heavy atom. The van der Waals surface area contributed by atoms with Gasteiger partial charge in [-0.1, -0.05) is 37.6 Å². The summed E-state index contributed by atoms with van der Waals surface area (Å²) in [6.45, 7) is 11.4. The summed E-state index contributed by atoms with van der Waals surface area (Å²) >= 11 is 5.93. The number of nitrogens with zero attached hydrogens (tertiary/aromatic N) is 2. The van der Waals surface area contributed by atoms with Gasteiger partial charge in [-0.3, -0.25) is 4.68 Å². The highest BCUT2D eigenvalue weighted by Gasteiger charge is 2.11. The van der Waals surface area contributed by atoms with Gasteiger partial charge >= 0.3 is 0 Å². The normalized spacial score (nSPS) is 11.3. The van der Waals surface area contributed by atoms with Crippen molar-refractivity contribution in [2.75, 3.05) is 6.54 Å². The minimum Gasteiger partial charge on any atom is -0.312 e. The van der Waals surface area contributed by atoms with Crippen molar-refractivity contribution in [2.24, 2.45) is 5.92 Å². The zero-order chi connectivity index (χ0) is 15.4. The van der Waals surface area contributed by atoms with Crippen LogP contribution in [0.15, 0.2) is 24.3 Å². The third-order valence-electron chi connectivity index (χ3n) is 3.63. The second-order valence-electron chi connectivity index (χ2n) is 5.96. The topological polar surface area (TPSA) is 29.9 Å². The summed E-state index contributed by atoms with van der Waals surface area (Å²) in [5, 5.41) is 8.94. The van der Waals surface area contributed by atoms with Crippen LogP contribution in [0.5, 0.6) is 0 Å². The van der Waals surface area contributed by atoms with E-state index in [9.17, 15) is 0 Å². The van der Waals surface area contributed by atoms with Crippen LogP contribution in [-0.2, 0) is 13.1 Å². The number of halogens is 1. The molecule has 1 aromatic carbocycles. The van der Waals surface area contributed by atoms with Gasteiger partial charge < -0.3 is 5.32 Å². The molecule has 114 valence electrons. The molecule has 0 aliphatic heterocycles. The molecule has 0 atom stereocenters. The molecule has 0 saturated heterocycles. The third-order valence-corrected chi connectivity index (χ3v) is 3.88. The molecule has 1 N–H and O–H groups in total. The predicted octanol–water partition coefficient (Wildman–Crippen LogP) is 3.95. The molecular formula is C17H24ClN3. The van der Waals surface area contributed by atoms with Crippen molar-refractivity contribution in [1.29, 1.82) is 0 Å². The van der Waals surface area contributed by atoms with Crippen molar-refractivity contribution in [3.05, 3.63) is 51.8 Å². The molecule has 0 fully saturated rings. The number of rotatable bonds is 6. The number of nitrogens with one attached hydrogen (secondary N) is 1. The van der Waals surface area contributed by atoms with E-state index in [1.165, 1.54) is 16.8 Å². The fourth-order valence-electron chi connectivity index (χ4n) is 2.39. The Morgan fingerprint density at radius 1 is 1.19 bits per heavy atom. The lowest BCUT2D eigenvalue weighted by atomic mass is 10.1. The van der Waals surface area contributed by atoms with E-state index in [1.807, 2.05) is 12.1 Å². The third kappa shape index (κ3) is 4.32. The van der Waals surface area contributed by atoms with Crippen molar-refractivity contribution < 1.29 is 0 Å². The first-order valence-corrected chi connectivity index (χ1v) is 7.83. The molecule has 1 heterocycles. The van der Waals surface area contributed by atoms with E-state index < -0.39 is 0 Å². The molecule has 1 aromatic heterocycles. The molecule has 3 nitrogen and oxygen atoms in total. The number of hydrogen-bond acceptors (Lipinski definition) is 2. The summed E-state index contributed by atoms with van der Waals surface area (Å²) in [5.41, 5.74) is 4.87. The van der Waals surface area contributed by atoms with Gasteiger partial charge in [-0.05, 0) is 44.0 Å². The van der Waals surface area contributed by atoms with Crippen LogP contribution in [0.4, 0.5) is 0 Å². The van der Waals surface area contributed by atoms with E-state index >= 15 is 0 Å². The molecule has 0 aliphatic carbocycles. The van der Waals surface area contributed by atoms with Crippen LogP contribution in [0.3, 0.4) is 0 Å². The quantitative estimate of drug-likeness (QED) is 0.876. The maximum absolute atomic E-state index is 5.93. The van der Waals surface area contributed by atoms with Crippen LogP contribution in [0, 0.1) is 19.8 Å².